The molecule has 0 N–H and O–H groups in total. The molecule has 0 aliphatic rings. The van der Waals surface area contributed by atoms with Crippen LogP contribution in [0.2, 0.25) is 0 Å². The van der Waals surface area contributed by atoms with Crippen molar-refractivity contribution in [1.29, 1.82) is 0 Å². The summed E-state index contributed by atoms with van der Waals surface area (Å²) < 4.78 is 0. The predicted octanol–water partition coefficient (Wildman–Crippen LogP) is 3.29. The van der Waals surface area contributed by atoms with Crippen LogP contribution in [0.15, 0.2) is 36.4 Å². The molecule has 128 valence electrons. The average molecular weight is 326 g/mol. The lowest BCUT2D eigenvalue weighted by Gasteiger charge is -2.24. The van der Waals surface area contributed by atoms with Crippen molar-refractivity contribution in [1.82, 2.24) is 14.9 Å². The highest BCUT2D eigenvalue weighted by atomic mass is 16.2. The fraction of sp³-hybridized carbons (Fsp3) is 0.421. The van der Waals surface area contributed by atoms with E-state index in [-0.39, 0.29) is 5.91 Å². The molecule has 2 aromatic rings. The van der Waals surface area contributed by atoms with Crippen LogP contribution in [0.1, 0.15) is 42.6 Å². The molecule has 2 rings (SSSR count). The fourth-order valence-electron chi connectivity index (χ4n) is 2.65. The van der Waals surface area contributed by atoms with Gasteiger partial charge in [0, 0.05) is 32.2 Å². The maximum absolute atomic E-state index is 12.6. The topological polar surface area (TPSA) is 49.3 Å². The van der Waals surface area contributed by atoms with E-state index in [1.165, 1.54) is 5.56 Å². The smallest absolute Gasteiger partial charge is 0.272 e. The van der Waals surface area contributed by atoms with E-state index in [1.807, 2.05) is 39.0 Å². The van der Waals surface area contributed by atoms with E-state index >= 15 is 0 Å². The summed E-state index contributed by atoms with van der Waals surface area (Å²) in [6.07, 6.45) is 0. The van der Waals surface area contributed by atoms with Crippen LogP contribution in [0, 0.1) is 6.92 Å². The summed E-state index contributed by atoms with van der Waals surface area (Å²) in [5, 5.41) is 0. The average Bonchev–Trinajstić information content (AvgIpc) is 2.61. The third-order valence-electron chi connectivity index (χ3n) is 4.02. The first-order valence-electron chi connectivity index (χ1n) is 8.52. The van der Waals surface area contributed by atoms with E-state index in [9.17, 15) is 4.79 Å². The van der Waals surface area contributed by atoms with Gasteiger partial charge in [-0.2, -0.15) is 0 Å². The molecule has 0 unspecified atom stereocenters. The van der Waals surface area contributed by atoms with Crippen LogP contribution in [-0.4, -0.2) is 40.4 Å². The largest absolute Gasteiger partial charge is 0.352 e. The second-order valence-electron chi connectivity index (χ2n) is 5.64. The van der Waals surface area contributed by atoms with Gasteiger partial charge in [0.15, 0.2) is 0 Å². The lowest BCUT2D eigenvalue weighted by molar-refractivity contribution is 0.0766. The Balaban J connectivity index is 2.30. The molecule has 5 nitrogen and oxygen atoms in total. The number of amides is 1. The first kappa shape index (κ1) is 17.9. The minimum atomic E-state index is -0.0393. The molecule has 1 amide bonds. The molecule has 1 aromatic heterocycles. The Bertz CT molecular complexity index is 668. The second kappa shape index (κ2) is 8.43. The van der Waals surface area contributed by atoms with Crippen molar-refractivity contribution in [3.8, 4) is 0 Å². The van der Waals surface area contributed by atoms with Crippen molar-refractivity contribution in [3.05, 3.63) is 53.5 Å². The fourth-order valence-corrected chi connectivity index (χ4v) is 2.65. The van der Waals surface area contributed by atoms with E-state index in [4.69, 9.17) is 0 Å². The number of nitrogens with zero attached hydrogens (tertiary/aromatic N) is 4. The molecule has 0 spiro atoms. The number of carbonyl (C=O) groups is 1. The van der Waals surface area contributed by atoms with Gasteiger partial charge in [0.2, 0.25) is 0 Å². The van der Waals surface area contributed by atoms with Gasteiger partial charge in [-0.3, -0.25) is 4.79 Å². The van der Waals surface area contributed by atoms with Crippen LogP contribution in [0.3, 0.4) is 0 Å². The number of anilines is 1. The molecular weight excluding hydrogens is 300 g/mol. The number of hydrogen-bond acceptors (Lipinski definition) is 4. The van der Waals surface area contributed by atoms with Gasteiger partial charge in [-0.05, 0) is 33.3 Å². The molecule has 0 radical (unpaired) electrons. The minimum absolute atomic E-state index is 0.0393. The van der Waals surface area contributed by atoms with Crippen LogP contribution in [-0.2, 0) is 6.54 Å². The van der Waals surface area contributed by atoms with Gasteiger partial charge in [0.1, 0.15) is 17.3 Å². The summed E-state index contributed by atoms with van der Waals surface area (Å²) >= 11 is 0. The molecule has 0 aliphatic heterocycles. The SMILES string of the molecule is CCN(CC)C(=O)c1cc(N(CC)Cc2ccccc2)nc(C)n1. The van der Waals surface area contributed by atoms with Crippen LogP contribution >= 0.6 is 0 Å². The van der Waals surface area contributed by atoms with Crippen molar-refractivity contribution < 1.29 is 4.79 Å². The quantitative estimate of drug-likeness (QED) is 0.783. The Kier molecular flexibility index (Phi) is 6.29. The standard InChI is InChI=1S/C19H26N4O/c1-5-22(6-2)19(24)17-13-18(21-15(4)20-17)23(7-3)14-16-11-9-8-10-12-16/h8-13H,5-7,14H2,1-4H3. The summed E-state index contributed by atoms with van der Waals surface area (Å²) in [6, 6.07) is 12.1. The van der Waals surface area contributed by atoms with Crippen molar-refractivity contribution in [2.45, 2.75) is 34.2 Å². The van der Waals surface area contributed by atoms with Gasteiger partial charge < -0.3 is 9.80 Å². The molecule has 1 heterocycles. The Hall–Kier alpha value is -2.43. The highest BCUT2D eigenvalue weighted by Crippen LogP contribution is 2.17. The summed E-state index contributed by atoms with van der Waals surface area (Å²) in [4.78, 5) is 25.4. The molecule has 5 heteroatoms. The minimum Gasteiger partial charge on any atom is -0.352 e. The van der Waals surface area contributed by atoms with Crippen LogP contribution in [0.5, 0.6) is 0 Å². The Morgan fingerprint density at radius 2 is 1.67 bits per heavy atom. The summed E-state index contributed by atoms with van der Waals surface area (Å²) in [5.74, 6) is 1.38. The Morgan fingerprint density at radius 3 is 2.25 bits per heavy atom. The maximum Gasteiger partial charge on any atom is 0.272 e. The Labute approximate surface area is 144 Å². The van der Waals surface area contributed by atoms with Crippen LogP contribution < -0.4 is 4.90 Å². The van der Waals surface area contributed by atoms with Crippen LogP contribution in [0.4, 0.5) is 5.82 Å². The number of aryl methyl sites for hydroxylation is 1. The molecule has 0 saturated carbocycles. The zero-order chi connectivity index (χ0) is 17.5. The number of rotatable bonds is 7. The summed E-state index contributed by atoms with van der Waals surface area (Å²) in [5.41, 5.74) is 1.68. The molecule has 0 saturated heterocycles. The van der Waals surface area contributed by atoms with Crippen molar-refractivity contribution >= 4 is 11.7 Å². The third-order valence-corrected chi connectivity index (χ3v) is 4.02. The van der Waals surface area contributed by atoms with Gasteiger partial charge >= 0.3 is 0 Å². The van der Waals surface area contributed by atoms with Gasteiger partial charge in [-0.25, -0.2) is 9.97 Å². The monoisotopic (exact) mass is 326 g/mol. The number of carbonyl (C=O) groups excluding carboxylic acids is 1. The van der Waals surface area contributed by atoms with E-state index in [2.05, 4.69) is 33.9 Å². The second-order valence-corrected chi connectivity index (χ2v) is 5.64. The maximum atomic E-state index is 12.6. The van der Waals surface area contributed by atoms with Gasteiger partial charge in [-0.15, -0.1) is 0 Å². The molecule has 0 aliphatic carbocycles. The van der Waals surface area contributed by atoms with Crippen molar-refractivity contribution in [3.63, 3.8) is 0 Å². The van der Waals surface area contributed by atoms with E-state index in [0.717, 1.165) is 18.9 Å². The number of hydrogen-bond donors (Lipinski definition) is 0. The molecule has 24 heavy (non-hydrogen) atoms. The van der Waals surface area contributed by atoms with Crippen LogP contribution in [0.25, 0.3) is 0 Å². The molecular formula is C19H26N4O. The highest BCUT2D eigenvalue weighted by molar-refractivity contribution is 5.93. The number of benzene rings is 1. The van der Waals surface area contributed by atoms with E-state index in [0.29, 0.717) is 24.6 Å². The lowest BCUT2D eigenvalue weighted by atomic mass is 10.2. The van der Waals surface area contributed by atoms with E-state index < -0.39 is 0 Å². The third kappa shape index (κ3) is 4.31. The molecule has 0 fully saturated rings. The number of aromatic nitrogens is 2. The van der Waals surface area contributed by atoms with E-state index in [1.54, 1.807) is 11.0 Å². The first-order valence-corrected chi connectivity index (χ1v) is 8.52. The summed E-state index contributed by atoms with van der Waals surface area (Å²) in [6.45, 7) is 10.8. The lowest BCUT2D eigenvalue weighted by Crippen LogP contribution is -2.32. The van der Waals surface area contributed by atoms with Gasteiger partial charge in [0.05, 0.1) is 0 Å². The Morgan fingerprint density at radius 1 is 1.00 bits per heavy atom. The zero-order valence-electron chi connectivity index (χ0n) is 15.0. The van der Waals surface area contributed by atoms with Crippen molar-refractivity contribution in [2.24, 2.45) is 0 Å². The van der Waals surface area contributed by atoms with Crippen molar-refractivity contribution in [2.75, 3.05) is 24.5 Å². The van der Waals surface area contributed by atoms with Gasteiger partial charge in [-0.1, -0.05) is 30.3 Å². The normalized spacial score (nSPS) is 10.5. The molecule has 1 aromatic carbocycles. The van der Waals surface area contributed by atoms with Gasteiger partial charge in [0.25, 0.3) is 5.91 Å². The first-order chi connectivity index (χ1) is 11.6. The molecule has 0 atom stereocenters. The summed E-state index contributed by atoms with van der Waals surface area (Å²) in [7, 11) is 0. The molecule has 0 bridgehead atoms. The predicted molar refractivity (Wildman–Crippen MR) is 97.2 cm³/mol. The zero-order valence-corrected chi connectivity index (χ0v) is 15.0. The highest BCUT2D eigenvalue weighted by Gasteiger charge is 2.17.